The van der Waals surface area contributed by atoms with Crippen molar-refractivity contribution < 1.29 is 9.53 Å². The third kappa shape index (κ3) is 2.58. The normalized spacial score (nSPS) is 29.9. The van der Waals surface area contributed by atoms with E-state index in [0.29, 0.717) is 19.1 Å². The van der Waals surface area contributed by atoms with Crippen LogP contribution in [0.1, 0.15) is 30.6 Å². The van der Waals surface area contributed by atoms with E-state index in [9.17, 15) is 4.79 Å². The van der Waals surface area contributed by atoms with Crippen molar-refractivity contribution in [2.75, 3.05) is 19.7 Å². The van der Waals surface area contributed by atoms with Crippen LogP contribution in [0, 0.1) is 5.92 Å². The second-order valence-electron chi connectivity index (χ2n) is 6.04. The van der Waals surface area contributed by atoms with Crippen LogP contribution in [0.15, 0.2) is 24.3 Å². The topological polar surface area (TPSA) is 55.6 Å². The van der Waals surface area contributed by atoms with Gasteiger partial charge in [-0.3, -0.25) is 4.79 Å². The van der Waals surface area contributed by atoms with E-state index in [1.54, 1.807) is 0 Å². The molecule has 1 amide bonds. The molecule has 1 aromatic carbocycles. The molecule has 3 unspecified atom stereocenters. The lowest BCUT2D eigenvalue weighted by Crippen LogP contribution is -2.50. The minimum atomic E-state index is -0.447. The molecule has 0 saturated carbocycles. The standard InChI is InChI=1S/C16H22N2O2/c1-11-8-13(17)10-18(9-11)16(19)15-14-5-3-2-4-12(14)6-7-20-15/h2-5,11,13,15H,6-10,17H2,1H3. The number of carbonyl (C=O) groups is 1. The highest BCUT2D eigenvalue weighted by molar-refractivity contribution is 5.83. The van der Waals surface area contributed by atoms with Crippen LogP contribution in [-0.2, 0) is 16.0 Å². The second-order valence-corrected chi connectivity index (χ2v) is 6.04. The Hall–Kier alpha value is -1.39. The van der Waals surface area contributed by atoms with Crippen LogP contribution in [0.2, 0.25) is 0 Å². The molecule has 0 aromatic heterocycles. The van der Waals surface area contributed by atoms with Gasteiger partial charge in [0.05, 0.1) is 6.61 Å². The third-order valence-electron chi connectivity index (χ3n) is 4.22. The number of rotatable bonds is 1. The summed E-state index contributed by atoms with van der Waals surface area (Å²) in [5.41, 5.74) is 8.29. The largest absolute Gasteiger partial charge is 0.363 e. The van der Waals surface area contributed by atoms with Crippen molar-refractivity contribution in [3.63, 3.8) is 0 Å². The number of carbonyl (C=O) groups excluding carboxylic acids is 1. The van der Waals surface area contributed by atoms with Gasteiger partial charge >= 0.3 is 0 Å². The highest BCUT2D eigenvalue weighted by atomic mass is 16.5. The molecule has 4 nitrogen and oxygen atoms in total. The molecule has 0 aliphatic carbocycles. The molecule has 2 aliphatic heterocycles. The van der Waals surface area contributed by atoms with Crippen LogP contribution in [0.5, 0.6) is 0 Å². The summed E-state index contributed by atoms with van der Waals surface area (Å²) >= 11 is 0. The van der Waals surface area contributed by atoms with Gasteiger partial charge in [0.15, 0.2) is 6.10 Å². The number of hydrogen-bond donors (Lipinski definition) is 1. The molecule has 0 bridgehead atoms. The van der Waals surface area contributed by atoms with Crippen molar-refractivity contribution >= 4 is 5.91 Å². The Morgan fingerprint density at radius 2 is 2.15 bits per heavy atom. The minimum absolute atomic E-state index is 0.0687. The summed E-state index contributed by atoms with van der Waals surface area (Å²) in [7, 11) is 0. The summed E-state index contributed by atoms with van der Waals surface area (Å²) in [6.45, 7) is 4.19. The first-order valence-corrected chi connectivity index (χ1v) is 7.39. The average molecular weight is 274 g/mol. The average Bonchev–Trinajstić information content (AvgIpc) is 2.45. The minimum Gasteiger partial charge on any atom is -0.363 e. The predicted molar refractivity (Wildman–Crippen MR) is 77.2 cm³/mol. The quantitative estimate of drug-likeness (QED) is 0.844. The molecule has 2 heterocycles. The molecular weight excluding hydrogens is 252 g/mol. The zero-order valence-electron chi connectivity index (χ0n) is 11.9. The van der Waals surface area contributed by atoms with Crippen LogP contribution in [0.25, 0.3) is 0 Å². The highest BCUT2D eigenvalue weighted by Crippen LogP contribution is 2.29. The Labute approximate surface area is 119 Å². The predicted octanol–water partition coefficient (Wildman–Crippen LogP) is 1.50. The maximum atomic E-state index is 12.8. The Bertz CT molecular complexity index is 493. The zero-order chi connectivity index (χ0) is 14.1. The first-order valence-electron chi connectivity index (χ1n) is 7.39. The van der Waals surface area contributed by atoms with E-state index in [1.165, 1.54) is 5.56 Å². The van der Waals surface area contributed by atoms with Crippen molar-refractivity contribution in [2.45, 2.75) is 31.9 Å². The summed E-state index contributed by atoms with van der Waals surface area (Å²) < 4.78 is 5.76. The SMILES string of the molecule is CC1CC(N)CN(C(=O)C2OCCc3ccccc32)C1. The molecule has 1 aromatic rings. The van der Waals surface area contributed by atoms with Crippen molar-refractivity contribution in [1.29, 1.82) is 0 Å². The summed E-state index contributed by atoms with van der Waals surface area (Å²) in [4.78, 5) is 14.6. The number of nitrogens with two attached hydrogens (primary N) is 1. The number of ether oxygens (including phenoxy) is 1. The number of likely N-dealkylation sites (tertiary alicyclic amines) is 1. The molecule has 3 rings (SSSR count). The van der Waals surface area contributed by atoms with Gasteiger partial charge in [0, 0.05) is 19.1 Å². The van der Waals surface area contributed by atoms with Gasteiger partial charge in [-0.2, -0.15) is 0 Å². The monoisotopic (exact) mass is 274 g/mol. The summed E-state index contributed by atoms with van der Waals surface area (Å²) in [5, 5.41) is 0. The fourth-order valence-corrected chi connectivity index (χ4v) is 3.34. The van der Waals surface area contributed by atoms with Crippen molar-refractivity contribution in [1.82, 2.24) is 4.90 Å². The van der Waals surface area contributed by atoms with Crippen LogP contribution >= 0.6 is 0 Å². The first-order chi connectivity index (χ1) is 9.65. The molecule has 1 saturated heterocycles. The fourth-order valence-electron chi connectivity index (χ4n) is 3.34. The molecule has 2 aliphatic rings. The maximum Gasteiger partial charge on any atom is 0.256 e. The van der Waals surface area contributed by atoms with Gasteiger partial charge in [0.25, 0.3) is 5.91 Å². The van der Waals surface area contributed by atoms with Crippen molar-refractivity contribution in [2.24, 2.45) is 11.7 Å². The number of piperidine rings is 1. The fraction of sp³-hybridized carbons (Fsp3) is 0.562. The van der Waals surface area contributed by atoms with E-state index in [-0.39, 0.29) is 11.9 Å². The smallest absolute Gasteiger partial charge is 0.256 e. The number of fused-ring (bicyclic) bond motifs is 1. The Kier molecular flexibility index (Phi) is 3.76. The lowest BCUT2D eigenvalue weighted by atomic mass is 9.93. The lowest BCUT2D eigenvalue weighted by Gasteiger charge is -2.37. The molecule has 108 valence electrons. The van der Waals surface area contributed by atoms with Gasteiger partial charge < -0.3 is 15.4 Å². The molecule has 3 atom stereocenters. The van der Waals surface area contributed by atoms with Crippen LogP contribution < -0.4 is 5.73 Å². The maximum absolute atomic E-state index is 12.8. The van der Waals surface area contributed by atoms with Gasteiger partial charge in [0.2, 0.25) is 0 Å². The van der Waals surface area contributed by atoms with Crippen LogP contribution in [0.3, 0.4) is 0 Å². The second kappa shape index (κ2) is 5.54. The van der Waals surface area contributed by atoms with Gasteiger partial charge in [-0.05, 0) is 29.9 Å². The first kappa shape index (κ1) is 13.6. The van der Waals surface area contributed by atoms with E-state index in [4.69, 9.17) is 10.5 Å². The molecule has 2 N–H and O–H groups in total. The van der Waals surface area contributed by atoms with Gasteiger partial charge in [-0.1, -0.05) is 31.2 Å². The van der Waals surface area contributed by atoms with Crippen molar-refractivity contribution in [3.8, 4) is 0 Å². The molecule has 4 heteroatoms. The summed E-state index contributed by atoms with van der Waals surface area (Å²) in [6, 6.07) is 8.16. The number of amides is 1. The van der Waals surface area contributed by atoms with E-state index in [2.05, 4.69) is 13.0 Å². The molecule has 1 fully saturated rings. The Morgan fingerprint density at radius 1 is 1.35 bits per heavy atom. The Morgan fingerprint density at radius 3 is 2.95 bits per heavy atom. The summed E-state index contributed by atoms with van der Waals surface area (Å²) in [6.07, 6.45) is 1.43. The zero-order valence-corrected chi connectivity index (χ0v) is 11.9. The van der Waals surface area contributed by atoms with Crippen molar-refractivity contribution in [3.05, 3.63) is 35.4 Å². The van der Waals surface area contributed by atoms with Crippen LogP contribution in [0.4, 0.5) is 0 Å². The van der Waals surface area contributed by atoms with E-state index in [0.717, 1.165) is 24.9 Å². The summed E-state index contributed by atoms with van der Waals surface area (Å²) in [5.74, 6) is 0.528. The molecular formula is C16H22N2O2. The third-order valence-corrected chi connectivity index (χ3v) is 4.22. The van der Waals surface area contributed by atoms with Gasteiger partial charge in [-0.15, -0.1) is 0 Å². The van der Waals surface area contributed by atoms with Gasteiger partial charge in [-0.25, -0.2) is 0 Å². The Balaban J connectivity index is 1.81. The number of nitrogens with zero attached hydrogens (tertiary/aromatic N) is 1. The highest BCUT2D eigenvalue weighted by Gasteiger charge is 2.34. The lowest BCUT2D eigenvalue weighted by molar-refractivity contribution is -0.147. The van der Waals surface area contributed by atoms with E-state index >= 15 is 0 Å². The molecule has 0 spiro atoms. The molecule has 0 radical (unpaired) electrons. The number of benzene rings is 1. The van der Waals surface area contributed by atoms with E-state index < -0.39 is 6.10 Å². The number of hydrogen-bond acceptors (Lipinski definition) is 3. The van der Waals surface area contributed by atoms with E-state index in [1.807, 2.05) is 23.1 Å². The van der Waals surface area contributed by atoms with Crippen LogP contribution in [-0.4, -0.2) is 36.5 Å². The van der Waals surface area contributed by atoms with Gasteiger partial charge in [0.1, 0.15) is 0 Å². The molecule has 20 heavy (non-hydrogen) atoms.